The zero-order valence-corrected chi connectivity index (χ0v) is 22.7. The summed E-state index contributed by atoms with van der Waals surface area (Å²) in [5.74, 6) is 0.472. The van der Waals surface area contributed by atoms with Gasteiger partial charge in [0.1, 0.15) is 0 Å². The molecule has 0 heteroatoms. The van der Waals surface area contributed by atoms with E-state index >= 15 is 0 Å². The van der Waals surface area contributed by atoms with Crippen LogP contribution < -0.4 is 0 Å². The van der Waals surface area contributed by atoms with Crippen molar-refractivity contribution in [3.05, 3.63) is 69.8 Å². The molecule has 1 atom stereocenters. The molecule has 0 spiro atoms. The third kappa shape index (κ3) is 6.24. The molecule has 172 valence electrons. The van der Waals surface area contributed by atoms with Crippen LogP contribution in [0.5, 0.6) is 0 Å². The van der Waals surface area contributed by atoms with Gasteiger partial charge in [-0.05, 0) is 67.4 Å². The van der Waals surface area contributed by atoms with Crippen molar-refractivity contribution in [3.63, 3.8) is 0 Å². The maximum atomic E-state index is 2.56. The minimum absolute atomic E-state index is 0.118. The molecule has 0 fully saturated rings. The molecule has 0 aliphatic carbocycles. The van der Waals surface area contributed by atoms with E-state index in [2.05, 4.69) is 126 Å². The minimum atomic E-state index is 0.118. The average Bonchev–Trinajstić information content (AvgIpc) is 2.57. The lowest BCUT2D eigenvalue weighted by atomic mass is 9.69. The van der Waals surface area contributed by atoms with E-state index in [0.29, 0.717) is 5.92 Å². The maximum absolute atomic E-state index is 2.56. The second-order valence-electron chi connectivity index (χ2n) is 13.8. The van der Waals surface area contributed by atoms with E-state index in [9.17, 15) is 0 Å². The Bertz CT molecular complexity index is 899. The summed E-state index contributed by atoms with van der Waals surface area (Å²) in [4.78, 5) is 0. The first-order valence-corrected chi connectivity index (χ1v) is 12.1. The molecule has 0 saturated heterocycles. The van der Waals surface area contributed by atoms with Crippen LogP contribution in [0, 0.1) is 0 Å². The van der Waals surface area contributed by atoms with Crippen LogP contribution in [-0.4, -0.2) is 0 Å². The van der Waals surface area contributed by atoms with Gasteiger partial charge in [-0.2, -0.15) is 0 Å². The summed E-state index contributed by atoms with van der Waals surface area (Å²) in [5.41, 5.74) is 9.44. The topological polar surface area (TPSA) is 0 Å². The molecular formula is C31H48. The van der Waals surface area contributed by atoms with Gasteiger partial charge in [-0.1, -0.05) is 126 Å². The van der Waals surface area contributed by atoms with Gasteiger partial charge in [0.05, 0.1) is 0 Å². The van der Waals surface area contributed by atoms with Crippen molar-refractivity contribution >= 4 is 0 Å². The van der Waals surface area contributed by atoms with Crippen molar-refractivity contribution in [1.82, 2.24) is 0 Å². The molecular weight excluding hydrogens is 372 g/mol. The standard InChI is InChI=1S/C31H48/c1-21(17-22-15-14-16-23(18-22)28(2,3)4)24-19-26(30(8,9)10)27(31(11,12)13)20-25(24)29(5,6)7/h14-16,18-21H,17H2,1-13H3. The van der Waals surface area contributed by atoms with Crippen LogP contribution in [0.1, 0.15) is 129 Å². The van der Waals surface area contributed by atoms with Crippen molar-refractivity contribution in [1.29, 1.82) is 0 Å². The van der Waals surface area contributed by atoms with Crippen molar-refractivity contribution < 1.29 is 0 Å². The van der Waals surface area contributed by atoms with Gasteiger partial charge in [-0.25, -0.2) is 0 Å². The molecule has 1 unspecified atom stereocenters. The van der Waals surface area contributed by atoms with E-state index in [0.717, 1.165) is 6.42 Å². The summed E-state index contributed by atoms with van der Waals surface area (Å²) < 4.78 is 0. The molecule has 0 bridgehead atoms. The normalized spacial score (nSPS) is 14.6. The summed E-state index contributed by atoms with van der Waals surface area (Å²) in [6, 6.07) is 14.3. The van der Waals surface area contributed by atoms with E-state index in [4.69, 9.17) is 0 Å². The highest BCUT2D eigenvalue weighted by Gasteiger charge is 2.30. The van der Waals surface area contributed by atoms with Gasteiger partial charge in [0.15, 0.2) is 0 Å². The lowest BCUT2D eigenvalue weighted by Crippen LogP contribution is -2.26. The smallest absolute Gasteiger partial charge is 0.0129 e. The van der Waals surface area contributed by atoms with E-state index in [1.54, 1.807) is 0 Å². The van der Waals surface area contributed by atoms with Gasteiger partial charge in [0, 0.05) is 0 Å². The SMILES string of the molecule is CC(Cc1cccc(C(C)(C)C)c1)c1cc(C(C)(C)C)c(C(C)(C)C)cc1C(C)(C)C. The summed E-state index contributed by atoms with van der Waals surface area (Å²) >= 11 is 0. The zero-order chi connectivity index (χ0) is 24.0. The molecule has 0 radical (unpaired) electrons. The molecule has 2 rings (SSSR count). The fourth-order valence-corrected chi connectivity index (χ4v) is 4.54. The van der Waals surface area contributed by atoms with Crippen LogP contribution in [0.3, 0.4) is 0 Å². The Morgan fingerprint density at radius 1 is 0.581 bits per heavy atom. The van der Waals surface area contributed by atoms with Crippen LogP contribution in [-0.2, 0) is 28.1 Å². The highest BCUT2D eigenvalue weighted by Crippen LogP contribution is 2.41. The van der Waals surface area contributed by atoms with Crippen molar-refractivity contribution in [2.45, 2.75) is 124 Å². The monoisotopic (exact) mass is 420 g/mol. The molecule has 0 nitrogen and oxygen atoms in total. The van der Waals surface area contributed by atoms with Crippen molar-refractivity contribution in [3.8, 4) is 0 Å². The van der Waals surface area contributed by atoms with E-state index in [-0.39, 0.29) is 21.7 Å². The Kier molecular flexibility index (Phi) is 6.98. The maximum Gasteiger partial charge on any atom is -0.0129 e. The highest BCUT2D eigenvalue weighted by atomic mass is 14.3. The molecule has 0 aliphatic rings. The predicted molar refractivity (Wildman–Crippen MR) is 140 cm³/mol. The first-order valence-electron chi connectivity index (χ1n) is 12.1. The summed E-state index contributed by atoms with van der Waals surface area (Å²) in [6.45, 7) is 30.5. The fourth-order valence-electron chi connectivity index (χ4n) is 4.54. The van der Waals surface area contributed by atoms with Gasteiger partial charge < -0.3 is 0 Å². The predicted octanol–water partition coefficient (Wildman–Crippen LogP) is 9.22. The number of rotatable bonds is 3. The van der Waals surface area contributed by atoms with Crippen molar-refractivity contribution in [2.24, 2.45) is 0 Å². The van der Waals surface area contributed by atoms with Crippen LogP contribution in [0.2, 0.25) is 0 Å². The van der Waals surface area contributed by atoms with Crippen LogP contribution in [0.4, 0.5) is 0 Å². The summed E-state index contributed by atoms with van der Waals surface area (Å²) in [5, 5.41) is 0. The fraction of sp³-hybridized carbons (Fsp3) is 0.613. The number of hydrogen-bond acceptors (Lipinski definition) is 0. The van der Waals surface area contributed by atoms with Gasteiger partial charge in [0.25, 0.3) is 0 Å². The van der Waals surface area contributed by atoms with Gasteiger partial charge >= 0.3 is 0 Å². The lowest BCUT2D eigenvalue weighted by molar-refractivity contribution is 0.517. The molecule has 31 heavy (non-hydrogen) atoms. The Morgan fingerprint density at radius 2 is 1.06 bits per heavy atom. The van der Waals surface area contributed by atoms with Crippen molar-refractivity contribution in [2.75, 3.05) is 0 Å². The molecule has 0 heterocycles. The molecule has 0 saturated carbocycles. The average molecular weight is 421 g/mol. The molecule has 0 amide bonds. The van der Waals surface area contributed by atoms with Gasteiger partial charge in [-0.3, -0.25) is 0 Å². The van der Waals surface area contributed by atoms with Crippen LogP contribution in [0.25, 0.3) is 0 Å². The van der Waals surface area contributed by atoms with E-state index in [1.807, 2.05) is 0 Å². The van der Waals surface area contributed by atoms with Gasteiger partial charge in [-0.15, -0.1) is 0 Å². The summed E-state index contributed by atoms with van der Waals surface area (Å²) in [7, 11) is 0. The van der Waals surface area contributed by atoms with E-state index < -0.39 is 0 Å². The lowest BCUT2D eigenvalue weighted by Gasteiger charge is -2.35. The van der Waals surface area contributed by atoms with Crippen LogP contribution in [0.15, 0.2) is 36.4 Å². The third-order valence-electron chi connectivity index (χ3n) is 6.48. The second kappa shape index (κ2) is 8.42. The first-order chi connectivity index (χ1) is 13.8. The van der Waals surface area contributed by atoms with E-state index in [1.165, 1.54) is 33.4 Å². The Labute approximate surface area is 193 Å². The quantitative estimate of drug-likeness (QED) is 0.464. The molecule has 0 N–H and O–H groups in total. The number of benzene rings is 2. The third-order valence-corrected chi connectivity index (χ3v) is 6.48. The molecule has 0 aromatic heterocycles. The largest absolute Gasteiger partial charge is 0.0617 e. The van der Waals surface area contributed by atoms with Crippen LogP contribution >= 0.6 is 0 Å². The minimum Gasteiger partial charge on any atom is -0.0617 e. The Balaban J connectivity index is 2.64. The zero-order valence-electron chi connectivity index (χ0n) is 22.7. The second-order valence-corrected chi connectivity index (χ2v) is 13.8. The number of hydrogen-bond donors (Lipinski definition) is 0. The Hall–Kier alpha value is -1.56. The highest BCUT2D eigenvalue weighted by molar-refractivity contribution is 5.49. The Morgan fingerprint density at radius 3 is 1.52 bits per heavy atom. The first kappa shape index (κ1) is 25.7. The van der Waals surface area contributed by atoms with Gasteiger partial charge in [0.2, 0.25) is 0 Å². The molecule has 2 aromatic rings. The molecule has 2 aromatic carbocycles. The summed E-state index contributed by atoms with van der Waals surface area (Å²) in [6.07, 6.45) is 1.07. The molecule has 0 aliphatic heterocycles.